The number of benzene rings is 4. The smallest absolute Gasteiger partial charge is 0.228 e. The van der Waals surface area contributed by atoms with E-state index in [0.29, 0.717) is 19.4 Å². The van der Waals surface area contributed by atoms with Crippen molar-refractivity contribution in [1.82, 2.24) is 10.2 Å². The lowest BCUT2D eigenvalue weighted by molar-refractivity contribution is -0.130. The van der Waals surface area contributed by atoms with Crippen LogP contribution in [0.1, 0.15) is 11.1 Å². The number of nitrogens with one attached hydrogen (secondary N) is 1. The summed E-state index contributed by atoms with van der Waals surface area (Å²) in [6.45, 7) is 1.67. The van der Waals surface area contributed by atoms with Gasteiger partial charge in [-0.15, -0.1) is 0 Å². The van der Waals surface area contributed by atoms with Crippen LogP contribution >= 0.6 is 0 Å². The molecule has 4 aromatic rings. The standard InChI is InChI=1S/C29H33N3O/c1-32(2)16-15-31-28(33)29(21-30,19-22-11-13-24-7-3-5-9-26(24)17-22)20-23-12-14-25-8-4-6-10-27(25)18-23/h3-14,17-18H,15-16,19-21,30H2,1-2H3,(H,31,33). The summed E-state index contributed by atoms with van der Waals surface area (Å²) < 4.78 is 0. The van der Waals surface area contributed by atoms with E-state index in [2.05, 4.69) is 70.9 Å². The predicted octanol–water partition coefficient (Wildman–Crippen LogP) is 4.40. The van der Waals surface area contributed by atoms with E-state index in [9.17, 15) is 4.79 Å². The quantitative estimate of drug-likeness (QED) is 0.406. The molecule has 0 saturated heterocycles. The highest BCUT2D eigenvalue weighted by Crippen LogP contribution is 2.30. The Kier molecular flexibility index (Phi) is 7.07. The molecule has 0 aliphatic rings. The van der Waals surface area contributed by atoms with Gasteiger partial charge in [0.15, 0.2) is 0 Å². The molecule has 0 unspecified atom stereocenters. The number of likely N-dealkylation sites (N-methyl/N-ethyl adjacent to an activating group) is 1. The average molecular weight is 440 g/mol. The van der Waals surface area contributed by atoms with Gasteiger partial charge in [0.05, 0.1) is 5.41 Å². The van der Waals surface area contributed by atoms with Crippen molar-refractivity contribution in [2.75, 3.05) is 33.7 Å². The summed E-state index contributed by atoms with van der Waals surface area (Å²) in [7, 11) is 4.01. The molecule has 3 N–H and O–H groups in total. The minimum atomic E-state index is -0.725. The second-order valence-electron chi connectivity index (χ2n) is 9.26. The molecule has 0 atom stereocenters. The van der Waals surface area contributed by atoms with Crippen molar-refractivity contribution < 1.29 is 4.79 Å². The molecule has 4 nitrogen and oxygen atoms in total. The fourth-order valence-electron chi connectivity index (χ4n) is 4.52. The average Bonchev–Trinajstić information content (AvgIpc) is 2.83. The number of nitrogens with two attached hydrogens (primary N) is 1. The van der Waals surface area contributed by atoms with Gasteiger partial charge in [0.2, 0.25) is 5.91 Å². The number of nitrogens with zero attached hydrogens (tertiary/aromatic N) is 1. The molecule has 0 aliphatic carbocycles. The summed E-state index contributed by atoms with van der Waals surface area (Å²) in [5.74, 6) is 0.0215. The van der Waals surface area contributed by atoms with E-state index in [1.165, 1.54) is 21.5 Å². The third-order valence-corrected chi connectivity index (χ3v) is 6.43. The molecular weight excluding hydrogens is 406 g/mol. The normalized spacial score (nSPS) is 11.9. The zero-order chi connectivity index (χ0) is 23.3. The summed E-state index contributed by atoms with van der Waals surface area (Å²) in [6, 6.07) is 29.5. The molecule has 1 amide bonds. The zero-order valence-corrected chi connectivity index (χ0v) is 19.6. The van der Waals surface area contributed by atoms with Crippen molar-refractivity contribution in [2.45, 2.75) is 12.8 Å². The van der Waals surface area contributed by atoms with Crippen molar-refractivity contribution in [3.05, 3.63) is 96.1 Å². The third kappa shape index (κ3) is 5.41. The second-order valence-corrected chi connectivity index (χ2v) is 9.26. The molecule has 4 heteroatoms. The highest BCUT2D eigenvalue weighted by atomic mass is 16.2. The van der Waals surface area contributed by atoms with E-state index in [-0.39, 0.29) is 12.5 Å². The summed E-state index contributed by atoms with van der Waals surface area (Å²) in [4.78, 5) is 15.7. The van der Waals surface area contributed by atoms with Crippen LogP contribution in [0.2, 0.25) is 0 Å². The minimum absolute atomic E-state index is 0.0215. The number of fused-ring (bicyclic) bond motifs is 2. The van der Waals surface area contributed by atoms with Gasteiger partial charge in [-0.25, -0.2) is 0 Å². The van der Waals surface area contributed by atoms with Crippen molar-refractivity contribution >= 4 is 27.5 Å². The second kappa shape index (κ2) is 10.2. The Bertz CT molecular complexity index is 1170. The Morgan fingerprint density at radius 1 is 0.788 bits per heavy atom. The van der Waals surface area contributed by atoms with Crippen LogP contribution in [0.25, 0.3) is 21.5 Å². The first-order valence-electron chi connectivity index (χ1n) is 11.6. The lowest BCUT2D eigenvalue weighted by atomic mass is 9.75. The molecule has 0 bridgehead atoms. The molecule has 0 fully saturated rings. The maximum Gasteiger partial charge on any atom is 0.228 e. The largest absolute Gasteiger partial charge is 0.354 e. The van der Waals surface area contributed by atoms with Gasteiger partial charge in [0.1, 0.15) is 0 Å². The first kappa shape index (κ1) is 23.0. The number of carbonyl (C=O) groups excluding carboxylic acids is 1. The molecule has 170 valence electrons. The predicted molar refractivity (Wildman–Crippen MR) is 138 cm³/mol. The maximum atomic E-state index is 13.6. The van der Waals surface area contributed by atoms with Crippen LogP contribution < -0.4 is 11.1 Å². The number of hydrogen-bond acceptors (Lipinski definition) is 3. The number of amides is 1. The monoisotopic (exact) mass is 439 g/mol. The molecule has 4 aromatic carbocycles. The molecule has 0 aromatic heterocycles. The fourth-order valence-corrected chi connectivity index (χ4v) is 4.52. The summed E-state index contributed by atoms with van der Waals surface area (Å²) in [5.41, 5.74) is 7.92. The van der Waals surface area contributed by atoms with E-state index in [4.69, 9.17) is 5.73 Å². The molecule has 33 heavy (non-hydrogen) atoms. The van der Waals surface area contributed by atoms with Crippen molar-refractivity contribution in [2.24, 2.45) is 11.1 Å². The number of carbonyl (C=O) groups is 1. The topological polar surface area (TPSA) is 58.4 Å². The Hall–Kier alpha value is -3.21. The summed E-state index contributed by atoms with van der Waals surface area (Å²) in [5, 5.41) is 7.92. The van der Waals surface area contributed by atoms with E-state index in [1.54, 1.807) is 0 Å². The maximum absolute atomic E-state index is 13.6. The van der Waals surface area contributed by atoms with E-state index in [1.807, 2.05) is 38.4 Å². The highest BCUT2D eigenvalue weighted by Gasteiger charge is 2.37. The van der Waals surface area contributed by atoms with Gasteiger partial charge in [0, 0.05) is 19.6 Å². The fraction of sp³-hybridized carbons (Fsp3) is 0.276. The van der Waals surface area contributed by atoms with E-state index >= 15 is 0 Å². The van der Waals surface area contributed by atoms with Gasteiger partial charge >= 0.3 is 0 Å². The van der Waals surface area contributed by atoms with Gasteiger partial charge in [0.25, 0.3) is 0 Å². The van der Waals surface area contributed by atoms with Crippen LogP contribution in [0.5, 0.6) is 0 Å². The molecule has 0 saturated carbocycles. The zero-order valence-electron chi connectivity index (χ0n) is 19.6. The summed E-state index contributed by atoms with van der Waals surface area (Å²) >= 11 is 0. The van der Waals surface area contributed by atoms with Gasteiger partial charge in [-0.2, -0.15) is 0 Å². The summed E-state index contributed by atoms with van der Waals surface area (Å²) in [6.07, 6.45) is 1.18. The molecule has 0 spiro atoms. The number of rotatable bonds is 9. The highest BCUT2D eigenvalue weighted by molar-refractivity contribution is 5.86. The van der Waals surface area contributed by atoms with Crippen LogP contribution in [0.4, 0.5) is 0 Å². The molecule has 4 rings (SSSR count). The number of hydrogen-bond donors (Lipinski definition) is 2. The molecule has 0 radical (unpaired) electrons. The Labute approximate surface area is 196 Å². The van der Waals surface area contributed by atoms with Gasteiger partial charge in [-0.05, 0) is 59.6 Å². The molecular formula is C29H33N3O. The third-order valence-electron chi connectivity index (χ3n) is 6.43. The Morgan fingerprint density at radius 2 is 1.27 bits per heavy atom. The van der Waals surface area contributed by atoms with Gasteiger partial charge in [-0.1, -0.05) is 84.9 Å². The first-order chi connectivity index (χ1) is 16.0. The SMILES string of the molecule is CN(C)CCNC(=O)C(CN)(Cc1ccc2ccccc2c1)Cc1ccc2ccccc2c1. The van der Waals surface area contributed by atoms with E-state index < -0.39 is 5.41 Å². The van der Waals surface area contributed by atoms with Crippen molar-refractivity contribution in [1.29, 1.82) is 0 Å². The van der Waals surface area contributed by atoms with Gasteiger partial charge < -0.3 is 16.0 Å². The lowest BCUT2D eigenvalue weighted by Gasteiger charge is -2.32. The van der Waals surface area contributed by atoms with Crippen LogP contribution in [0.3, 0.4) is 0 Å². The first-order valence-corrected chi connectivity index (χ1v) is 11.6. The van der Waals surface area contributed by atoms with Crippen molar-refractivity contribution in [3.63, 3.8) is 0 Å². The Balaban J connectivity index is 1.67. The van der Waals surface area contributed by atoms with Crippen molar-refractivity contribution in [3.8, 4) is 0 Å². The lowest BCUT2D eigenvalue weighted by Crippen LogP contribution is -2.50. The van der Waals surface area contributed by atoms with Gasteiger partial charge in [-0.3, -0.25) is 4.79 Å². The Morgan fingerprint density at radius 3 is 1.73 bits per heavy atom. The minimum Gasteiger partial charge on any atom is -0.354 e. The molecule has 0 heterocycles. The molecule has 0 aliphatic heterocycles. The van der Waals surface area contributed by atoms with Crippen LogP contribution in [0.15, 0.2) is 84.9 Å². The van der Waals surface area contributed by atoms with E-state index in [0.717, 1.165) is 17.7 Å². The van der Waals surface area contributed by atoms with Crippen LogP contribution in [-0.2, 0) is 17.6 Å². The van der Waals surface area contributed by atoms with Crippen LogP contribution in [-0.4, -0.2) is 44.5 Å². The van der Waals surface area contributed by atoms with Crippen LogP contribution in [0, 0.1) is 5.41 Å².